The normalized spacial score (nSPS) is 14.2. The molecule has 3 rings (SSSR count). The number of aryl methyl sites for hydroxylation is 1. The van der Waals surface area contributed by atoms with E-state index < -0.39 is 0 Å². The van der Waals surface area contributed by atoms with Crippen LogP contribution >= 0.6 is 22.6 Å². The molecular weight excluding hydrogens is 361 g/mol. The summed E-state index contributed by atoms with van der Waals surface area (Å²) in [7, 11) is 0. The van der Waals surface area contributed by atoms with E-state index in [1.165, 1.54) is 14.7 Å². The number of anilines is 1. The lowest BCUT2D eigenvalue weighted by molar-refractivity contribution is -0.118. The summed E-state index contributed by atoms with van der Waals surface area (Å²) in [5, 5.41) is 0. The largest absolute Gasteiger partial charge is 0.312 e. The molecule has 2 aromatic rings. The van der Waals surface area contributed by atoms with Gasteiger partial charge in [-0.3, -0.25) is 4.79 Å². The van der Waals surface area contributed by atoms with Gasteiger partial charge < -0.3 is 4.90 Å². The summed E-state index contributed by atoms with van der Waals surface area (Å²) in [6, 6.07) is 16.7. The van der Waals surface area contributed by atoms with E-state index in [0.717, 1.165) is 25.1 Å². The highest BCUT2D eigenvalue weighted by molar-refractivity contribution is 14.1. The molecule has 0 aromatic heterocycles. The van der Waals surface area contributed by atoms with Crippen molar-refractivity contribution in [2.75, 3.05) is 11.4 Å². The maximum atomic E-state index is 12.2. The standard InChI is InChI=1S/C17H16INO/c18-15-7-8-16-14(12-15)6-9-17(20)19(16)11-10-13-4-2-1-3-5-13/h1-5,7-8,12H,6,9-11H2. The average Bonchev–Trinajstić information content (AvgIpc) is 2.47. The van der Waals surface area contributed by atoms with Crippen LogP contribution in [0.25, 0.3) is 0 Å². The van der Waals surface area contributed by atoms with Crippen LogP contribution in [0, 0.1) is 3.57 Å². The van der Waals surface area contributed by atoms with Gasteiger partial charge in [-0.15, -0.1) is 0 Å². The highest BCUT2D eigenvalue weighted by atomic mass is 127. The minimum absolute atomic E-state index is 0.245. The summed E-state index contributed by atoms with van der Waals surface area (Å²) >= 11 is 2.33. The predicted molar refractivity (Wildman–Crippen MR) is 90.0 cm³/mol. The van der Waals surface area contributed by atoms with Gasteiger partial charge in [0, 0.05) is 22.2 Å². The lowest BCUT2D eigenvalue weighted by Gasteiger charge is -2.29. The fourth-order valence-electron chi connectivity index (χ4n) is 2.66. The van der Waals surface area contributed by atoms with Crippen LogP contribution in [0.2, 0.25) is 0 Å². The van der Waals surface area contributed by atoms with Gasteiger partial charge in [-0.1, -0.05) is 30.3 Å². The lowest BCUT2D eigenvalue weighted by Crippen LogP contribution is -2.36. The number of hydrogen-bond donors (Lipinski definition) is 0. The molecule has 0 unspecified atom stereocenters. The molecule has 0 saturated heterocycles. The van der Waals surface area contributed by atoms with Gasteiger partial charge in [-0.05, 0) is 64.8 Å². The summed E-state index contributed by atoms with van der Waals surface area (Å²) in [6.45, 7) is 0.760. The second-order valence-corrected chi connectivity index (χ2v) is 6.30. The van der Waals surface area contributed by atoms with Crippen molar-refractivity contribution in [3.63, 3.8) is 0 Å². The van der Waals surface area contributed by atoms with Gasteiger partial charge >= 0.3 is 0 Å². The molecule has 1 aliphatic heterocycles. The first kappa shape index (κ1) is 13.6. The van der Waals surface area contributed by atoms with E-state index in [0.29, 0.717) is 6.42 Å². The Labute approximate surface area is 132 Å². The molecule has 102 valence electrons. The lowest BCUT2D eigenvalue weighted by atomic mass is 10.0. The number of amides is 1. The smallest absolute Gasteiger partial charge is 0.227 e. The van der Waals surface area contributed by atoms with Crippen LogP contribution in [0.5, 0.6) is 0 Å². The minimum atomic E-state index is 0.245. The maximum Gasteiger partial charge on any atom is 0.227 e. The van der Waals surface area contributed by atoms with Crippen molar-refractivity contribution in [1.82, 2.24) is 0 Å². The minimum Gasteiger partial charge on any atom is -0.312 e. The van der Waals surface area contributed by atoms with E-state index in [9.17, 15) is 4.79 Å². The highest BCUT2D eigenvalue weighted by Crippen LogP contribution is 2.29. The van der Waals surface area contributed by atoms with E-state index in [-0.39, 0.29) is 5.91 Å². The Kier molecular flexibility index (Phi) is 4.05. The first-order valence-electron chi connectivity index (χ1n) is 6.87. The molecule has 1 aliphatic rings. The molecule has 0 bridgehead atoms. The second kappa shape index (κ2) is 5.95. The van der Waals surface area contributed by atoms with E-state index in [2.05, 4.69) is 52.9 Å². The van der Waals surface area contributed by atoms with Crippen molar-refractivity contribution in [3.8, 4) is 0 Å². The molecule has 0 atom stereocenters. The summed E-state index contributed by atoms with van der Waals surface area (Å²) in [5.41, 5.74) is 3.67. The molecule has 0 fully saturated rings. The van der Waals surface area contributed by atoms with Gasteiger partial charge in [0.15, 0.2) is 0 Å². The summed E-state index contributed by atoms with van der Waals surface area (Å²) < 4.78 is 1.23. The molecule has 20 heavy (non-hydrogen) atoms. The first-order chi connectivity index (χ1) is 9.74. The van der Waals surface area contributed by atoms with Crippen molar-refractivity contribution >= 4 is 34.2 Å². The van der Waals surface area contributed by atoms with Gasteiger partial charge in [0.25, 0.3) is 0 Å². The molecule has 0 radical (unpaired) electrons. The number of fused-ring (bicyclic) bond motifs is 1. The quantitative estimate of drug-likeness (QED) is 0.745. The molecule has 3 heteroatoms. The summed E-state index contributed by atoms with van der Waals surface area (Å²) in [4.78, 5) is 14.1. The average molecular weight is 377 g/mol. The Morgan fingerprint density at radius 1 is 1.05 bits per heavy atom. The third-order valence-electron chi connectivity index (χ3n) is 3.71. The maximum absolute atomic E-state index is 12.2. The Hall–Kier alpha value is -1.36. The number of hydrogen-bond acceptors (Lipinski definition) is 1. The zero-order valence-corrected chi connectivity index (χ0v) is 13.3. The van der Waals surface area contributed by atoms with Crippen LogP contribution in [0.1, 0.15) is 17.5 Å². The van der Waals surface area contributed by atoms with Gasteiger partial charge in [0.2, 0.25) is 5.91 Å². The molecule has 0 N–H and O–H groups in total. The number of rotatable bonds is 3. The number of benzene rings is 2. The van der Waals surface area contributed by atoms with Crippen LogP contribution in [-0.4, -0.2) is 12.5 Å². The molecule has 1 heterocycles. The van der Waals surface area contributed by atoms with Crippen LogP contribution in [-0.2, 0) is 17.6 Å². The van der Waals surface area contributed by atoms with Gasteiger partial charge in [-0.2, -0.15) is 0 Å². The third-order valence-corrected chi connectivity index (χ3v) is 4.38. The van der Waals surface area contributed by atoms with E-state index in [1.807, 2.05) is 23.1 Å². The Bertz CT molecular complexity index is 624. The van der Waals surface area contributed by atoms with Crippen LogP contribution in [0.3, 0.4) is 0 Å². The fraction of sp³-hybridized carbons (Fsp3) is 0.235. The topological polar surface area (TPSA) is 20.3 Å². The Morgan fingerprint density at radius 2 is 1.85 bits per heavy atom. The van der Waals surface area contributed by atoms with Crippen molar-refractivity contribution in [1.29, 1.82) is 0 Å². The highest BCUT2D eigenvalue weighted by Gasteiger charge is 2.23. The Balaban J connectivity index is 1.81. The zero-order valence-electron chi connectivity index (χ0n) is 11.2. The predicted octanol–water partition coefficient (Wildman–Crippen LogP) is 3.81. The zero-order chi connectivity index (χ0) is 13.9. The molecular formula is C17H16INO. The number of carbonyl (C=O) groups excluding carboxylic acids is 1. The van der Waals surface area contributed by atoms with Crippen LogP contribution in [0.15, 0.2) is 48.5 Å². The van der Waals surface area contributed by atoms with Gasteiger partial charge in [0.05, 0.1) is 0 Å². The van der Waals surface area contributed by atoms with E-state index >= 15 is 0 Å². The molecule has 1 amide bonds. The number of nitrogens with zero attached hydrogens (tertiary/aromatic N) is 1. The van der Waals surface area contributed by atoms with Crippen LogP contribution in [0.4, 0.5) is 5.69 Å². The molecule has 2 aromatic carbocycles. The molecule has 0 spiro atoms. The molecule has 2 nitrogen and oxygen atoms in total. The summed E-state index contributed by atoms with van der Waals surface area (Å²) in [5.74, 6) is 0.245. The van der Waals surface area contributed by atoms with Crippen molar-refractivity contribution < 1.29 is 4.79 Å². The van der Waals surface area contributed by atoms with Crippen molar-refractivity contribution in [2.45, 2.75) is 19.3 Å². The SMILES string of the molecule is O=C1CCc2cc(I)ccc2N1CCc1ccccc1. The van der Waals surface area contributed by atoms with E-state index in [4.69, 9.17) is 0 Å². The van der Waals surface area contributed by atoms with Crippen molar-refractivity contribution in [3.05, 3.63) is 63.2 Å². The monoisotopic (exact) mass is 377 g/mol. The first-order valence-corrected chi connectivity index (χ1v) is 7.94. The van der Waals surface area contributed by atoms with Crippen LogP contribution < -0.4 is 4.90 Å². The fourth-order valence-corrected chi connectivity index (χ4v) is 3.21. The molecule has 0 aliphatic carbocycles. The second-order valence-electron chi connectivity index (χ2n) is 5.05. The Morgan fingerprint density at radius 3 is 2.65 bits per heavy atom. The van der Waals surface area contributed by atoms with E-state index in [1.54, 1.807) is 0 Å². The third kappa shape index (κ3) is 2.87. The number of halogens is 1. The van der Waals surface area contributed by atoms with Crippen molar-refractivity contribution in [2.24, 2.45) is 0 Å². The van der Waals surface area contributed by atoms with Gasteiger partial charge in [-0.25, -0.2) is 0 Å². The van der Waals surface area contributed by atoms with Gasteiger partial charge in [0.1, 0.15) is 0 Å². The number of carbonyl (C=O) groups is 1. The molecule has 0 saturated carbocycles. The summed E-state index contributed by atoms with van der Waals surface area (Å²) in [6.07, 6.45) is 2.40.